The van der Waals surface area contributed by atoms with Crippen LogP contribution in [0.3, 0.4) is 0 Å². The molecule has 2 bridgehead atoms. The zero-order valence-electron chi connectivity index (χ0n) is 15.9. The van der Waals surface area contributed by atoms with Gasteiger partial charge in [-0.2, -0.15) is 0 Å². The number of aliphatic hydroxyl groups excluding tert-OH is 1. The van der Waals surface area contributed by atoms with E-state index in [1.807, 2.05) is 12.2 Å². The minimum atomic E-state index is -0.979. The lowest BCUT2D eigenvalue weighted by Crippen LogP contribution is -2.44. The summed E-state index contributed by atoms with van der Waals surface area (Å²) in [6, 6.07) is 0. The molecule has 0 aromatic carbocycles. The van der Waals surface area contributed by atoms with Gasteiger partial charge < -0.3 is 14.6 Å². The first-order valence-corrected chi connectivity index (χ1v) is 9.39. The Balaban J connectivity index is 1.89. The van der Waals surface area contributed by atoms with Crippen molar-refractivity contribution in [2.24, 2.45) is 5.92 Å². The summed E-state index contributed by atoms with van der Waals surface area (Å²) in [4.78, 5) is 17.2. The van der Waals surface area contributed by atoms with Crippen LogP contribution in [0.25, 0.3) is 0 Å². The van der Waals surface area contributed by atoms with Gasteiger partial charge in [-0.1, -0.05) is 18.7 Å². The van der Waals surface area contributed by atoms with Crippen LogP contribution in [-0.4, -0.2) is 45.3 Å². The van der Waals surface area contributed by atoms with Gasteiger partial charge in [-0.25, -0.2) is 9.68 Å². The first-order valence-electron chi connectivity index (χ1n) is 9.39. The molecule has 0 aromatic heterocycles. The van der Waals surface area contributed by atoms with E-state index in [-0.39, 0.29) is 17.6 Å². The average Bonchev–Trinajstić information content (AvgIpc) is 3.25. The number of fused-ring (bicyclic) bond motifs is 4. The molecule has 3 aliphatic rings. The fourth-order valence-electron chi connectivity index (χ4n) is 4.08. The van der Waals surface area contributed by atoms with E-state index in [4.69, 9.17) is 9.47 Å². The maximum atomic E-state index is 12.5. The second kappa shape index (κ2) is 6.75. The van der Waals surface area contributed by atoms with E-state index in [1.165, 1.54) is 0 Å². The summed E-state index contributed by atoms with van der Waals surface area (Å²) in [5, 5.41) is 20.1. The second-order valence-electron chi connectivity index (χ2n) is 8.68. The van der Waals surface area contributed by atoms with E-state index in [0.29, 0.717) is 31.3 Å². The van der Waals surface area contributed by atoms with Gasteiger partial charge in [0.05, 0.1) is 17.8 Å². The lowest BCUT2D eigenvalue weighted by Gasteiger charge is -2.34. The molecule has 6 atom stereocenters. The van der Waals surface area contributed by atoms with Crippen LogP contribution in [0.4, 0.5) is 0 Å². The van der Waals surface area contributed by atoms with E-state index < -0.39 is 23.3 Å². The fourth-order valence-corrected chi connectivity index (χ4v) is 4.08. The van der Waals surface area contributed by atoms with Gasteiger partial charge in [0, 0.05) is 5.57 Å². The highest BCUT2D eigenvalue weighted by Gasteiger charge is 2.53. The number of carbonyl (C=O) groups is 1. The number of epoxide rings is 1. The van der Waals surface area contributed by atoms with Gasteiger partial charge in [0.2, 0.25) is 0 Å². The van der Waals surface area contributed by atoms with Gasteiger partial charge in [0.25, 0.3) is 0 Å². The van der Waals surface area contributed by atoms with Crippen LogP contribution in [0, 0.1) is 5.92 Å². The van der Waals surface area contributed by atoms with Crippen LogP contribution in [0.15, 0.2) is 24.3 Å². The molecule has 2 heterocycles. The van der Waals surface area contributed by atoms with Crippen molar-refractivity contribution in [3.05, 3.63) is 24.3 Å². The number of rotatable bonds is 1. The third kappa shape index (κ3) is 3.74. The van der Waals surface area contributed by atoms with Crippen molar-refractivity contribution in [1.29, 1.82) is 0 Å². The predicted molar refractivity (Wildman–Crippen MR) is 95.4 cm³/mol. The summed E-state index contributed by atoms with van der Waals surface area (Å²) in [5.74, 6) is -0.438. The normalized spacial score (nSPS) is 48.1. The summed E-state index contributed by atoms with van der Waals surface area (Å²) in [7, 11) is 0. The molecule has 2 saturated heterocycles. The molecule has 0 radical (unpaired) electrons. The number of esters is 1. The summed E-state index contributed by atoms with van der Waals surface area (Å²) < 4.78 is 11.6. The molecule has 0 spiro atoms. The second-order valence-corrected chi connectivity index (χ2v) is 8.68. The van der Waals surface area contributed by atoms with Crippen molar-refractivity contribution >= 4 is 5.97 Å². The lowest BCUT2D eigenvalue weighted by atomic mass is 9.82. The van der Waals surface area contributed by atoms with Gasteiger partial charge in [-0.05, 0) is 65.2 Å². The van der Waals surface area contributed by atoms with Crippen molar-refractivity contribution in [1.82, 2.24) is 0 Å². The standard InChI is InChI=1S/C20H30O6/c1-13-14-6-11-19(3,25-17(13)22)15(21)7-10-18(2,26-23)8-5-9-20(4)16(12-14)24-20/h5,8,14-16,21,23H,1,6-7,9-12H2,2-4H3/b8-5-/t14-,15-,16-,18+,19-,20+/m0/s1. The number of aliphatic hydroxyl groups is 1. The highest BCUT2D eigenvalue weighted by molar-refractivity contribution is 5.89. The Hall–Kier alpha value is -1.21. The van der Waals surface area contributed by atoms with Crippen LogP contribution in [0.2, 0.25) is 0 Å². The molecule has 2 aliphatic heterocycles. The van der Waals surface area contributed by atoms with E-state index >= 15 is 0 Å². The Bertz CT molecular complexity index is 615. The Morgan fingerprint density at radius 3 is 2.65 bits per heavy atom. The molecule has 0 unspecified atom stereocenters. The maximum absolute atomic E-state index is 12.5. The van der Waals surface area contributed by atoms with Crippen molar-refractivity contribution in [3.63, 3.8) is 0 Å². The average molecular weight is 366 g/mol. The van der Waals surface area contributed by atoms with Crippen molar-refractivity contribution in [3.8, 4) is 0 Å². The molecule has 26 heavy (non-hydrogen) atoms. The van der Waals surface area contributed by atoms with E-state index in [9.17, 15) is 15.2 Å². The van der Waals surface area contributed by atoms with Crippen LogP contribution in [0.1, 0.15) is 59.3 Å². The van der Waals surface area contributed by atoms with Gasteiger partial charge in [-0.3, -0.25) is 5.26 Å². The van der Waals surface area contributed by atoms with E-state index in [2.05, 4.69) is 18.4 Å². The van der Waals surface area contributed by atoms with Crippen molar-refractivity contribution < 1.29 is 29.5 Å². The summed E-state index contributed by atoms with van der Waals surface area (Å²) in [5.41, 5.74) is -1.70. The first kappa shape index (κ1) is 19.5. The minimum Gasteiger partial charge on any atom is -0.453 e. The third-order valence-electron chi connectivity index (χ3n) is 6.43. The molecule has 0 amide bonds. The lowest BCUT2D eigenvalue weighted by molar-refractivity contribution is -0.305. The Morgan fingerprint density at radius 2 is 1.96 bits per heavy atom. The van der Waals surface area contributed by atoms with Crippen LogP contribution < -0.4 is 0 Å². The molecule has 2 N–H and O–H groups in total. The van der Waals surface area contributed by atoms with Crippen molar-refractivity contribution in [2.75, 3.05) is 0 Å². The molecule has 6 heteroatoms. The molecular formula is C20H30O6. The molecule has 6 nitrogen and oxygen atoms in total. The van der Waals surface area contributed by atoms with Gasteiger partial charge >= 0.3 is 5.97 Å². The number of carbonyl (C=O) groups excluding carboxylic acids is 1. The molecular weight excluding hydrogens is 336 g/mol. The molecule has 1 aliphatic carbocycles. The van der Waals surface area contributed by atoms with Gasteiger partial charge in [0.15, 0.2) is 0 Å². The number of hydrogen-bond donors (Lipinski definition) is 2. The zero-order valence-corrected chi connectivity index (χ0v) is 15.9. The Kier molecular flexibility index (Phi) is 5.07. The largest absolute Gasteiger partial charge is 0.453 e. The monoisotopic (exact) mass is 366 g/mol. The molecule has 0 aromatic rings. The topological polar surface area (TPSA) is 88.5 Å². The van der Waals surface area contributed by atoms with E-state index in [1.54, 1.807) is 13.8 Å². The van der Waals surface area contributed by atoms with Gasteiger partial charge in [0.1, 0.15) is 11.2 Å². The summed E-state index contributed by atoms with van der Waals surface area (Å²) in [6.45, 7) is 9.53. The molecule has 2 fully saturated rings. The molecule has 146 valence electrons. The van der Waals surface area contributed by atoms with Gasteiger partial charge in [-0.15, -0.1) is 0 Å². The predicted octanol–water partition coefficient (Wildman–Crippen LogP) is 3.15. The smallest absolute Gasteiger partial charge is 0.334 e. The number of ether oxygens (including phenoxy) is 2. The van der Waals surface area contributed by atoms with Crippen LogP contribution in [0.5, 0.6) is 0 Å². The first-order chi connectivity index (χ1) is 12.1. The maximum Gasteiger partial charge on any atom is 0.334 e. The third-order valence-corrected chi connectivity index (χ3v) is 6.43. The molecule has 0 saturated carbocycles. The highest BCUT2D eigenvalue weighted by atomic mass is 17.1. The van der Waals surface area contributed by atoms with Crippen LogP contribution in [-0.2, 0) is 19.2 Å². The Morgan fingerprint density at radius 1 is 1.23 bits per heavy atom. The highest BCUT2D eigenvalue weighted by Crippen LogP contribution is 2.47. The fraction of sp³-hybridized carbons (Fsp3) is 0.750. The quantitative estimate of drug-likeness (QED) is 0.185. The Labute approximate surface area is 154 Å². The SMILES string of the molecule is C=C1C(=O)O[C@@]2(C)CC[C@H]1C[C@@H]1O[C@]1(C)C/C=C\[C@@](C)(OO)CC[C@@H]2O. The van der Waals surface area contributed by atoms with E-state index in [0.717, 1.165) is 12.8 Å². The van der Waals surface area contributed by atoms with Crippen molar-refractivity contribution in [2.45, 2.75) is 88.3 Å². The minimum absolute atomic E-state index is 0.00121. The number of hydrogen-bond acceptors (Lipinski definition) is 6. The zero-order chi connectivity index (χ0) is 19.2. The summed E-state index contributed by atoms with van der Waals surface area (Å²) >= 11 is 0. The van der Waals surface area contributed by atoms with Crippen LogP contribution >= 0.6 is 0 Å². The summed E-state index contributed by atoms with van der Waals surface area (Å²) in [6.07, 6.45) is 6.38. The molecule has 3 rings (SSSR count).